The number of nitrogens with one attached hydrogen (secondary N) is 1. The fourth-order valence-electron chi connectivity index (χ4n) is 2.31. The van der Waals surface area contributed by atoms with E-state index in [1.54, 1.807) is 0 Å². The van der Waals surface area contributed by atoms with Crippen molar-refractivity contribution in [3.8, 4) is 0 Å². The van der Waals surface area contributed by atoms with Crippen molar-refractivity contribution < 1.29 is 4.79 Å². The number of hydrogen-bond donors (Lipinski definition) is 1. The van der Waals surface area contributed by atoms with Crippen LogP contribution in [0, 0.1) is 26.7 Å². The first-order valence-corrected chi connectivity index (χ1v) is 6.75. The van der Waals surface area contributed by atoms with Crippen LogP contribution in [-0.2, 0) is 11.2 Å². The zero-order valence-electron chi connectivity index (χ0n) is 12.3. The van der Waals surface area contributed by atoms with Crippen molar-refractivity contribution in [3.63, 3.8) is 0 Å². The molecule has 100 valence electrons. The maximum absolute atomic E-state index is 12.2. The summed E-state index contributed by atoms with van der Waals surface area (Å²) in [5.74, 6) is 0.413. The van der Waals surface area contributed by atoms with Crippen LogP contribution in [0.3, 0.4) is 0 Å². The summed E-state index contributed by atoms with van der Waals surface area (Å²) in [7, 11) is 0. The monoisotopic (exact) mass is 247 g/mol. The molecule has 1 aromatic carbocycles. The lowest BCUT2D eigenvalue weighted by atomic mass is 9.92. The van der Waals surface area contributed by atoms with Crippen LogP contribution in [0.2, 0.25) is 0 Å². The Morgan fingerprint density at radius 1 is 1.22 bits per heavy atom. The maximum Gasteiger partial charge on any atom is 0.141 e. The SMILES string of the molecule is CCNCC(C)C(=O)Cc1c(C)cc(C)cc1C. The lowest BCUT2D eigenvalue weighted by Crippen LogP contribution is -2.27. The van der Waals surface area contributed by atoms with Crippen molar-refractivity contribution in [2.75, 3.05) is 13.1 Å². The Kier molecular flexibility index (Phi) is 5.54. The summed E-state index contributed by atoms with van der Waals surface area (Å²) in [5.41, 5.74) is 4.93. The number of benzene rings is 1. The van der Waals surface area contributed by atoms with Gasteiger partial charge in [-0.25, -0.2) is 0 Å². The number of Topliss-reactive ketones (excluding diaryl/α,β-unsaturated/α-hetero) is 1. The van der Waals surface area contributed by atoms with Gasteiger partial charge >= 0.3 is 0 Å². The van der Waals surface area contributed by atoms with Gasteiger partial charge in [-0.15, -0.1) is 0 Å². The van der Waals surface area contributed by atoms with E-state index in [9.17, 15) is 4.79 Å². The molecule has 0 saturated heterocycles. The van der Waals surface area contributed by atoms with E-state index in [2.05, 4.69) is 45.1 Å². The van der Waals surface area contributed by atoms with E-state index in [-0.39, 0.29) is 5.92 Å². The molecule has 0 aliphatic rings. The minimum absolute atomic E-state index is 0.0880. The van der Waals surface area contributed by atoms with E-state index in [1.807, 2.05) is 6.92 Å². The lowest BCUT2D eigenvalue weighted by molar-refractivity contribution is -0.121. The molecule has 0 aliphatic carbocycles. The van der Waals surface area contributed by atoms with E-state index in [0.717, 1.165) is 13.1 Å². The predicted octanol–water partition coefficient (Wildman–Crippen LogP) is 2.97. The molecule has 0 aromatic heterocycles. The smallest absolute Gasteiger partial charge is 0.141 e. The van der Waals surface area contributed by atoms with Gasteiger partial charge in [0.2, 0.25) is 0 Å². The molecule has 0 bridgehead atoms. The van der Waals surface area contributed by atoms with Gasteiger partial charge in [0.1, 0.15) is 5.78 Å². The highest BCUT2D eigenvalue weighted by Gasteiger charge is 2.15. The number of rotatable bonds is 6. The molecule has 0 fully saturated rings. The quantitative estimate of drug-likeness (QED) is 0.837. The zero-order chi connectivity index (χ0) is 13.7. The standard InChI is InChI=1S/C16H25NO/c1-6-17-10-14(5)16(18)9-15-12(3)7-11(2)8-13(15)4/h7-8,14,17H,6,9-10H2,1-5H3. The average molecular weight is 247 g/mol. The molecule has 0 saturated carbocycles. The van der Waals surface area contributed by atoms with Crippen LogP contribution in [0.25, 0.3) is 0 Å². The molecule has 18 heavy (non-hydrogen) atoms. The van der Waals surface area contributed by atoms with Crippen LogP contribution in [0.15, 0.2) is 12.1 Å². The maximum atomic E-state index is 12.2. The van der Waals surface area contributed by atoms with Crippen molar-refractivity contribution in [2.24, 2.45) is 5.92 Å². The first-order valence-electron chi connectivity index (χ1n) is 6.75. The third-order valence-electron chi connectivity index (χ3n) is 3.44. The second-order valence-electron chi connectivity index (χ2n) is 5.23. The van der Waals surface area contributed by atoms with E-state index < -0.39 is 0 Å². The Balaban J connectivity index is 2.76. The molecule has 2 nitrogen and oxygen atoms in total. The first-order chi connectivity index (χ1) is 8.45. The van der Waals surface area contributed by atoms with Crippen LogP contribution in [0.1, 0.15) is 36.1 Å². The van der Waals surface area contributed by atoms with Gasteiger partial charge in [0.05, 0.1) is 0 Å². The molecule has 0 amide bonds. The van der Waals surface area contributed by atoms with Gasteiger partial charge in [0, 0.05) is 18.9 Å². The van der Waals surface area contributed by atoms with Gasteiger partial charge in [-0.1, -0.05) is 31.5 Å². The van der Waals surface area contributed by atoms with Crippen molar-refractivity contribution >= 4 is 5.78 Å². The second kappa shape index (κ2) is 6.69. The van der Waals surface area contributed by atoms with Crippen LogP contribution in [0.4, 0.5) is 0 Å². The summed E-state index contributed by atoms with van der Waals surface area (Å²) in [6, 6.07) is 4.31. The molecular formula is C16H25NO. The van der Waals surface area contributed by atoms with Crippen LogP contribution in [-0.4, -0.2) is 18.9 Å². The van der Waals surface area contributed by atoms with Gasteiger partial charge in [0.25, 0.3) is 0 Å². The number of ketones is 1. The predicted molar refractivity (Wildman–Crippen MR) is 77.1 cm³/mol. The van der Waals surface area contributed by atoms with E-state index >= 15 is 0 Å². The molecule has 0 heterocycles. The molecular weight excluding hydrogens is 222 g/mol. The van der Waals surface area contributed by atoms with Crippen LogP contribution < -0.4 is 5.32 Å². The van der Waals surface area contributed by atoms with Crippen molar-refractivity contribution in [2.45, 2.75) is 41.0 Å². The number of aryl methyl sites for hydroxylation is 3. The minimum Gasteiger partial charge on any atom is -0.316 e. The topological polar surface area (TPSA) is 29.1 Å². The Morgan fingerprint density at radius 3 is 2.28 bits per heavy atom. The Hall–Kier alpha value is -1.15. The molecule has 1 aromatic rings. The normalized spacial score (nSPS) is 12.5. The Labute approximate surface area is 111 Å². The van der Waals surface area contributed by atoms with Gasteiger partial charge in [-0.2, -0.15) is 0 Å². The van der Waals surface area contributed by atoms with Crippen molar-refractivity contribution in [1.82, 2.24) is 5.32 Å². The first kappa shape index (κ1) is 14.9. The second-order valence-corrected chi connectivity index (χ2v) is 5.23. The summed E-state index contributed by atoms with van der Waals surface area (Å²) >= 11 is 0. The average Bonchev–Trinajstić information content (AvgIpc) is 2.30. The molecule has 1 rings (SSSR count). The number of hydrogen-bond acceptors (Lipinski definition) is 2. The largest absolute Gasteiger partial charge is 0.316 e. The summed E-state index contributed by atoms with van der Waals surface area (Å²) in [6.07, 6.45) is 0.560. The molecule has 0 spiro atoms. The third kappa shape index (κ3) is 3.95. The van der Waals surface area contributed by atoms with Crippen LogP contribution >= 0.6 is 0 Å². The molecule has 1 N–H and O–H groups in total. The zero-order valence-corrected chi connectivity index (χ0v) is 12.3. The highest BCUT2D eigenvalue weighted by Crippen LogP contribution is 2.18. The number of carbonyl (C=O) groups is 1. The number of carbonyl (C=O) groups excluding carboxylic acids is 1. The van der Waals surface area contributed by atoms with Gasteiger partial charge in [-0.3, -0.25) is 4.79 Å². The summed E-state index contributed by atoms with van der Waals surface area (Å²) in [5, 5.41) is 3.23. The van der Waals surface area contributed by atoms with E-state index in [1.165, 1.54) is 22.3 Å². The summed E-state index contributed by atoms with van der Waals surface area (Å²) in [6.45, 7) is 12.0. The molecule has 1 unspecified atom stereocenters. The minimum atomic E-state index is 0.0880. The fourth-order valence-corrected chi connectivity index (χ4v) is 2.31. The Bertz CT molecular complexity index is 400. The van der Waals surface area contributed by atoms with Gasteiger partial charge < -0.3 is 5.32 Å². The van der Waals surface area contributed by atoms with Crippen molar-refractivity contribution in [3.05, 3.63) is 34.4 Å². The highest BCUT2D eigenvalue weighted by atomic mass is 16.1. The lowest BCUT2D eigenvalue weighted by Gasteiger charge is -2.14. The highest BCUT2D eigenvalue weighted by molar-refractivity contribution is 5.83. The van der Waals surface area contributed by atoms with Crippen molar-refractivity contribution in [1.29, 1.82) is 0 Å². The third-order valence-corrected chi connectivity index (χ3v) is 3.44. The molecule has 0 aliphatic heterocycles. The molecule has 1 atom stereocenters. The van der Waals surface area contributed by atoms with E-state index in [4.69, 9.17) is 0 Å². The summed E-state index contributed by atoms with van der Waals surface area (Å²) < 4.78 is 0. The Morgan fingerprint density at radius 2 is 1.78 bits per heavy atom. The summed E-state index contributed by atoms with van der Waals surface area (Å²) in [4.78, 5) is 12.2. The molecule has 2 heteroatoms. The molecule has 0 radical (unpaired) electrons. The fraction of sp³-hybridized carbons (Fsp3) is 0.562. The van der Waals surface area contributed by atoms with E-state index in [0.29, 0.717) is 12.2 Å². The van der Waals surface area contributed by atoms with Gasteiger partial charge in [0.15, 0.2) is 0 Å². The van der Waals surface area contributed by atoms with Crippen LogP contribution in [0.5, 0.6) is 0 Å². The van der Waals surface area contributed by atoms with Gasteiger partial charge in [-0.05, 0) is 44.0 Å².